The lowest BCUT2D eigenvalue weighted by molar-refractivity contribution is 0.0383. The van der Waals surface area contributed by atoms with E-state index in [0.29, 0.717) is 18.8 Å². The molecular weight excluding hydrogens is 344 g/mol. The second kappa shape index (κ2) is 9.89. The van der Waals surface area contributed by atoms with Gasteiger partial charge in [-0.15, -0.1) is 0 Å². The summed E-state index contributed by atoms with van der Waals surface area (Å²) in [7, 11) is 1.65. The van der Waals surface area contributed by atoms with Crippen LogP contribution in [0, 0.1) is 0 Å². The Labute approximate surface area is 159 Å². The Hall–Kier alpha value is -2.64. The number of morpholine rings is 1. The highest BCUT2D eigenvalue weighted by atomic mass is 16.5. The van der Waals surface area contributed by atoms with Crippen molar-refractivity contribution in [2.75, 3.05) is 51.8 Å². The third kappa shape index (κ3) is 5.94. The van der Waals surface area contributed by atoms with Crippen LogP contribution in [0.1, 0.15) is 16.1 Å². The van der Waals surface area contributed by atoms with Crippen molar-refractivity contribution in [1.29, 1.82) is 0 Å². The van der Waals surface area contributed by atoms with Crippen molar-refractivity contribution < 1.29 is 14.3 Å². The second-order valence-corrected chi connectivity index (χ2v) is 6.34. The molecule has 0 bridgehead atoms. The number of benzene rings is 1. The van der Waals surface area contributed by atoms with Crippen LogP contribution in [-0.2, 0) is 11.3 Å². The number of anilines is 1. The molecule has 0 atom stereocenters. The summed E-state index contributed by atoms with van der Waals surface area (Å²) >= 11 is 0. The molecule has 2 heterocycles. The number of amides is 1. The highest BCUT2D eigenvalue weighted by molar-refractivity contribution is 5.93. The van der Waals surface area contributed by atoms with E-state index in [4.69, 9.17) is 9.47 Å². The monoisotopic (exact) mass is 370 g/mol. The van der Waals surface area contributed by atoms with E-state index in [1.807, 2.05) is 30.3 Å². The minimum Gasteiger partial charge on any atom is -0.497 e. The number of hydrogen-bond acceptors (Lipinski definition) is 6. The number of aromatic nitrogens is 1. The van der Waals surface area contributed by atoms with Gasteiger partial charge in [-0.3, -0.25) is 14.7 Å². The van der Waals surface area contributed by atoms with Crippen LogP contribution in [-0.4, -0.2) is 62.3 Å². The molecule has 0 saturated carbocycles. The van der Waals surface area contributed by atoms with Crippen LogP contribution >= 0.6 is 0 Å². The quantitative estimate of drug-likeness (QED) is 0.738. The van der Waals surface area contributed by atoms with Gasteiger partial charge in [0.1, 0.15) is 11.4 Å². The van der Waals surface area contributed by atoms with Crippen molar-refractivity contribution in [1.82, 2.24) is 15.2 Å². The lowest BCUT2D eigenvalue weighted by atomic mass is 10.2. The fourth-order valence-electron chi connectivity index (χ4n) is 2.86. The van der Waals surface area contributed by atoms with Gasteiger partial charge in [-0.05, 0) is 29.8 Å². The van der Waals surface area contributed by atoms with Crippen molar-refractivity contribution in [3.05, 3.63) is 53.9 Å². The third-order valence-corrected chi connectivity index (χ3v) is 4.47. The van der Waals surface area contributed by atoms with Crippen LogP contribution in [0.4, 0.5) is 5.69 Å². The smallest absolute Gasteiger partial charge is 0.269 e. The van der Waals surface area contributed by atoms with E-state index in [0.717, 1.165) is 49.8 Å². The number of hydrogen-bond donors (Lipinski definition) is 2. The molecule has 0 spiro atoms. The maximum Gasteiger partial charge on any atom is 0.269 e. The normalized spacial score (nSPS) is 14.6. The first-order valence-electron chi connectivity index (χ1n) is 9.16. The molecule has 0 aliphatic carbocycles. The molecule has 0 radical (unpaired) electrons. The van der Waals surface area contributed by atoms with Crippen LogP contribution in [0.5, 0.6) is 5.75 Å². The van der Waals surface area contributed by atoms with Crippen LogP contribution in [0.3, 0.4) is 0 Å². The fraction of sp³-hybridized carbons (Fsp3) is 0.400. The van der Waals surface area contributed by atoms with Gasteiger partial charge in [-0.1, -0.05) is 12.1 Å². The molecule has 2 N–H and O–H groups in total. The average Bonchev–Trinajstić information content (AvgIpc) is 2.73. The summed E-state index contributed by atoms with van der Waals surface area (Å²) in [5.41, 5.74) is 2.40. The minimum absolute atomic E-state index is 0.156. The Morgan fingerprint density at radius 1 is 1.22 bits per heavy atom. The Morgan fingerprint density at radius 3 is 2.74 bits per heavy atom. The standard InChI is InChI=1S/C20H26N4O3/c1-26-18-4-2-16(3-5-18)15-23-17-6-7-21-19(14-17)20(25)22-8-9-24-10-12-27-13-11-24/h2-7,14H,8-13,15H2,1H3,(H,21,23)(H,22,25). The van der Waals surface area contributed by atoms with Gasteiger partial charge in [-0.2, -0.15) is 0 Å². The van der Waals surface area contributed by atoms with Gasteiger partial charge >= 0.3 is 0 Å². The van der Waals surface area contributed by atoms with E-state index in [-0.39, 0.29) is 5.91 Å². The molecule has 144 valence electrons. The molecule has 1 amide bonds. The number of carbonyl (C=O) groups is 1. The lowest BCUT2D eigenvalue weighted by Gasteiger charge is -2.26. The Morgan fingerprint density at radius 2 is 2.00 bits per heavy atom. The van der Waals surface area contributed by atoms with Crippen LogP contribution in [0.15, 0.2) is 42.6 Å². The molecule has 7 heteroatoms. The molecule has 1 fully saturated rings. The molecule has 2 aromatic rings. The highest BCUT2D eigenvalue weighted by Crippen LogP contribution is 2.14. The van der Waals surface area contributed by atoms with Crippen molar-refractivity contribution >= 4 is 11.6 Å². The SMILES string of the molecule is COc1ccc(CNc2ccnc(C(=O)NCCN3CCOCC3)c2)cc1. The molecule has 0 unspecified atom stereocenters. The van der Waals surface area contributed by atoms with Gasteiger partial charge in [0.25, 0.3) is 5.91 Å². The van der Waals surface area contributed by atoms with E-state index >= 15 is 0 Å². The number of nitrogens with one attached hydrogen (secondary N) is 2. The number of methoxy groups -OCH3 is 1. The first kappa shape index (κ1) is 19.1. The maximum atomic E-state index is 12.3. The van der Waals surface area contributed by atoms with Gasteiger partial charge in [0.05, 0.1) is 20.3 Å². The van der Waals surface area contributed by atoms with E-state index in [1.165, 1.54) is 0 Å². The zero-order valence-electron chi connectivity index (χ0n) is 15.6. The Kier molecular flexibility index (Phi) is 7.01. The van der Waals surface area contributed by atoms with E-state index < -0.39 is 0 Å². The molecule has 7 nitrogen and oxygen atoms in total. The van der Waals surface area contributed by atoms with E-state index in [1.54, 1.807) is 19.4 Å². The molecule has 1 aromatic carbocycles. The molecule has 27 heavy (non-hydrogen) atoms. The first-order valence-corrected chi connectivity index (χ1v) is 9.16. The Bertz CT molecular complexity index is 730. The predicted molar refractivity (Wildman–Crippen MR) is 104 cm³/mol. The van der Waals surface area contributed by atoms with Crippen molar-refractivity contribution in [3.8, 4) is 5.75 Å². The van der Waals surface area contributed by atoms with Crippen molar-refractivity contribution in [2.45, 2.75) is 6.54 Å². The molecule has 1 saturated heterocycles. The zero-order chi connectivity index (χ0) is 18.9. The van der Waals surface area contributed by atoms with Gasteiger partial charge in [0, 0.05) is 44.6 Å². The summed E-state index contributed by atoms with van der Waals surface area (Å²) in [6, 6.07) is 11.5. The summed E-state index contributed by atoms with van der Waals surface area (Å²) in [6.07, 6.45) is 1.65. The van der Waals surface area contributed by atoms with Gasteiger partial charge in [0.2, 0.25) is 0 Å². The lowest BCUT2D eigenvalue weighted by Crippen LogP contribution is -2.41. The average molecular weight is 370 g/mol. The predicted octanol–water partition coefficient (Wildman–Crippen LogP) is 1.76. The van der Waals surface area contributed by atoms with Crippen LogP contribution < -0.4 is 15.4 Å². The van der Waals surface area contributed by atoms with Crippen LogP contribution in [0.25, 0.3) is 0 Å². The zero-order valence-corrected chi connectivity index (χ0v) is 15.6. The van der Waals surface area contributed by atoms with Crippen molar-refractivity contribution in [2.24, 2.45) is 0 Å². The van der Waals surface area contributed by atoms with Gasteiger partial charge in [0.15, 0.2) is 0 Å². The first-order chi connectivity index (χ1) is 13.2. The summed E-state index contributed by atoms with van der Waals surface area (Å²) in [5, 5.41) is 6.25. The minimum atomic E-state index is -0.156. The van der Waals surface area contributed by atoms with Gasteiger partial charge in [-0.25, -0.2) is 0 Å². The molecule has 1 aromatic heterocycles. The number of ether oxygens (including phenoxy) is 2. The molecular formula is C20H26N4O3. The van der Waals surface area contributed by atoms with Crippen molar-refractivity contribution in [3.63, 3.8) is 0 Å². The largest absolute Gasteiger partial charge is 0.497 e. The third-order valence-electron chi connectivity index (χ3n) is 4.47. The Balaban J connectivity index is 1.47. The summed E-state index contributed by atoms with van der Waals surface area (Å²) < 4.78 is 10.5. The number of pyridine rings is 1. The molecule has 1 aliphatic rings. The van der Waals surface area contributed by atoms with Gasteiger partial charge < -0.3 is 20.1 Å². The second-order valence-electron chi connectivity index (χ2n) is 6.34. The number of nitrogens with zero attached hydrogens (tertiary/aromatic N) is 2. The van der Waals surface area contributed by atoms with E-state index in [9.17, 15) is 4.79 Å². The number of carbonyl (C=O) groups excluding carboxylic acids is 1. The number of rotatable bonds is 8. The fourth-order valence-corrected chi connectivity index (χ4v) is 2.86. The topological polar surface area (TPSA) is 75.7 Å². The maximum absolute atomic E-state index is 12.3. The van der Waals surface area contributed by atoms with E-state index in [2.05, 4.69) is 20.5 Å². The summed E-state index contributed by atoms with van der Waals surface area (Å²) in [5.74, 6) is 0.676. The highest BCUT2D eigenvalue weighted by Gasteiger charge is 2.11. The summed E-state index contributed by atoms with van der Waals surface area (Å²) in [6.45, 7) is 5.44. The summed E-state index contributed by atoms with van der Waals surface area (Å²) in [4.78, 5) is 18.8. The molecule has 1 aliphatic heterocycles. The van der Waals surface area contributed by atoms with Crippen LogP contribution in [0.2, 0.25) is 0 Å². The molecule has 3 rings (SSSR count).